The van der Waals surface area contributed by atoms with Gasteiger partial charge in [-0.1, -0.05) is 19.1 Å². The molecule has 0 bridgehead atoms. The molecule has 0 aliphatic heterocycles. The van der Waals surface area contributed by atoms with Gasteiger partial charge in [0.05, 0.1) is 0 Å². The Balaban J connectivity index is 0.000001000. The van der Waals surface area contributed by atoms with Gasteiger partial charge in [-0.05, 0) is 18.1 Å². The normalized spacial score (nSPS) is 8.91. The van der Waals surface area contributed by atoms with Crippen molar-refractivity contribution in [3.05, 3.63) is 23.8 Å². The van der Waals surface area contributed by atoms with Crippen LogP contribution in [0.25, 0.3) is 0 Å². The number of thiol groups is 1. The quantitative estimate of drug-likeness (QED) is 0.516. The highest BCUT2D eigenvalue weighted by Crippen LogP contribution is 2.20. The number of nitrogen functional groups attached to an aromatic ring is 1. The maximum atomic E-state index is 5.62. The van der Waals surface area contributed by atoms with Crippen molar-refractivity contribution < 1.29 is 0 Å². The largest absolute Gasteiger partial charge is 0.398 e. The molecule has 0 aliphatic rings. The van der Waals surface area contributed by atoms with E-state index in [1.165, 1.54) is 5.56 Å². The first-order valence-electron chi connectivity index (χ1n) is 3.32. The van der Waals surface area contributed by atoms with Gasteiger partial charge in [-0.3, -0.25) is 0 Å². The molecule has 11 heavy (non-hydrogen) atoms. The molecular weight excluding hydrogens is 178 g/mol. The molecule has 0 unspecified atom stereocenters. The summed E-state index contributed by atoms with van der Waals surface area (Å²) in [5, 5.41) is 0. The van der Waals surface area contributed by atoms with E-state index in [-0.39, 0.29) is 12.4 Å². The number of hydrogen-bond acceptors (Lipinski definition) is 2. The topological polar surface area (TPSA) is 26.0 Å². The second kappa shape index (κ2) is 4.52. The lowest BCUT2D eigenvalue weighted by molar-refractivity contribution is 1.09. The molecule has 0 radical (unpaired) electrons. The number of anilines is 1. The predicted molar refractivity (Wildman–Crippen MR) is 54.7 cm³/mol. The van der Waals surface area contributed by atoms with Gasteiger partial charge >= 0.3 is 0 Å². The van der Waals surface area contributed by atoms with Crippen LogP contribution in [0.15, 0.2) is 23.1 Å². The molecule has 0 saturated heterocycles. The monoisotopic (exact) mass is 189 g/mol. The first kappa shape index (κ1) is 10.7. The molecule has 2 N–H and O–H groups in total. The molecule has 1 nitrogen and oxygen atoms in total. The third-order valence-corrected chi connectivity index (χ3v) is 2.08. The Bertz CT molecular complexity index is 238. The fourth-order valence-corrected chi connectivity index (χ4v) is 1.20. The molecule has 0 aliphatic carbocycles. The smallest absolute Gasteiger partial charge is 0.0452 e. The van der Waals surface area contributed by atoms with Crippen molar-refractivity contribution in [3.8, 4) is 0 Å². The molecule has 0 saturated carbocycles. The van der Waals surface area contributed by atoms with Crippen LogP contribution >= 0.6 is 25.0 Å². The molecule has 0 aromatic heterocycles. The third-order valence-electron chi connectivity index (χ3n) is 1.53. The Morgan fingerprint density at radius 1 is 1.45 bits per heavy atom. The molecule has 0 fully saturated rings. The van der Waals surface area contributed by atoms with E-state index in [1.807, 2.05) is 18.2 Å². The summed E-state index contributed by atoms with van der Waals surface area (Å²) in [6.07, 6.45) is 0.990. The molecule has 1 aromatic rings. The van der Waals surface area contributed by atoms with Gasteiger partial charge in [0, 0.05) is 10.6 Å². The summed E-state index contributed by atoms with van der Waals surface area (Å²) in [5.41, 5.74) is 7.60. The SMILES string of the molecule is CCc1cccc(N)c1S.Cl. The lowest BCUT2D eigenvalue weighted by Gasteiger charge is -2.03. The first-order valence-corrected chi connectivity index (χ1v) is 3.76. The lowest BCUT2D eigenvalue weighted by Crippen LogP contribution is -1.90. The Labute approximate surface area is 78.8 Å². The van der Waals surface area contributed by atoms with Gasteiger partial charge in [0.1, 0.15) is 0 Å². The molecule has 3 heteroatoms. The Morgan fingerprint density at radius 2 is 2.09 bits per heavy atom. The summed E-state index contributed by atoms with van der Waals surface area (Å²) in [4.78, 5) is 0.921. The van der Waals surface area contributed by atoms with E-state index < -0.39 is 0 Å². The summed E-state index contributed by atoms with van der Waals surface area (Å²) >= 11 is 4.27. The zero-order valence-electron chi connectivity index (χ0n) is 6.37. The van der Waals surface area contributed by atoms with Gasteiger partial charge in [-0.25, -0.2) is 0 Å². The van der Waals surface area contributed by atoms with Gasteiger partial charge < -0.3 is 5.73 Å². The second-order valence-corrected chi connectivity index (χ2v) is 2.66. The minimum absolute atomic E-state index is 0. The predicted octanol–water partition coefficient (Wildman–Crippen LogP) is 2.54. The van der Waals surface area contributed by atoms with Gasteiger partial charge in [0.25, 0.3) is 0 Å². The maximum absolute atomic E-state index is 5.62. The van der Waals surface area contributed by atoms with E-state index >= 15 is 0 Å². The molecule has 1 aromatic carbocycles. The number of benzene rings is 1. The zero-order valence-corrected chi connectivity index (χ0v) is 8.08. The molecule has 0 atom stereocenters. The van der Waals surface area contributed by atoms with E-state index in [0.717, 1.165) is 17.0 Å². The van der Waals surface area contributed by atoms with E-state index in [4.69, 9.17) is 5.73 Å². The molecule has 0 spiro atoms. The average Bonchev–Trinajstić information content (AvgIpc) is 1.95. The molecular formula is C8H12ClNS. The molecule has 0 heterocycles. The van der Waals surface area contributed by atoms with Crippen molar-refractivity contribution in [3.63, 3.8) is 0 Å². The van der Waals surface area contributed by atoms with Crippen molar-refractivity contribution in [1.82, 2.24) is 0 Å². The van der Waals surface area contributed by atoms with Crippen LogP contribution in [0, 0.1) is 0 Å². The Kier molecular flexibility index (Phi) is 4.38. The van der Waals surface area contributed by atoms with Crippen LogP contribution in [0.5, 0.6) is 0 Å². The number of nitrogens with two attached hydrogens (primary N) is 1. The van der Waals surface area contributed by atoms with Gasteiger partial charge in [-0.15, -0.1) is 25.0 Å². The lowest BCUT2D eigenvalue weighted by atomic mass is 10.1. The van der Waals surface area contributed by atoms with Crippen LogP contribution < -0.4 is 5.73 Å². The van der Waals surface area contributed by atoms with E-state index in [0.29, 0.717) is 0 Å². The Morgan fingerprint density at radius 3 is 2.55 bits per heavy atom. The summed E-state index contributed by atoms with van der Waals surface area (Å²) in [5.74, 6) is 0. The fraction of sp³-hybridized carbons (Fsp3) is 0.250. The van der Waals surface area contributed by atoms with Crippen LogP contribution in [-0.2, 0) is 6.42 Å². The van der Waals surface area contributed by atoms with Crippen LogP contribution in [0.2, 0.25) is 0 Å². The van der Waals surface area contributed by atoms with Crippen molar-refractivity contribution in [2.45, 2.75) is 18.2 Å². The van der Waals surface area contributed by atoms with Gasteiger partial charge in [0.2, 0.25) is 0 Å². The van der Waals surface area contributed by atoms with Crippen LogP contribution in [0.3, 0.4) is 0 Å². The molecule has 62 valence electrons. The van der Waals surface area contributed by atoms with E-state index in [2.05, 4.69) is 19.6 Å². The fourth-order valence-electron chi connectivity index (χ4n) is 0.896. The van der Waals surface area contributed by atoms with Crippen LogP contribution in [-0.4, -0.2) is 0 Å². The van der Waals surface area contributed by atoms with Crippen LogP contribution in [0.1, 0.15) is 12.5 Å². The highest BCUT2D eigenvalue weighted by molar-refractivity contribution is 7.80. The van der Waals surface area contributed by atoms with E-state index in [9.17, 15) is 0 Å². The third kappa shape index (κ3) is 2.31. The molecule has 1 rings (SSSR count). The Hall–Kier alpha value is -0.340. The average molecular weight is 190 g/mol. The number of rotatable bonds is 1. The number of aryl methyl sites for hydroxylation is 1. The zero-order chi connectivity index (χ0) is 7.56. The minimum atomic E-state index is 0. The van der Waals surface area contributed by atoms with E-state index in [1.54, 1.807) is 0 Å². The second-order valence-electron chi connectivity index (χ2n) is 2.21. The van der Waals surface area contributed by atoms with Gasteiger partial charge in [0.15, 0.2) is 0 Å². The minimum Gasteiger partial charge on any atom is -0.398 e. The number of hydrogen-bond donors (Lipinski definition) is 2. The van der Waals surface area contributed by atoms with Gasteiger partial charge in [-0.2, -0.15) is 0 Å². The number of halogens is 1. The van der Waals surface area contributed by atoms with Crippen molar-refractivity contribution in [1.29, 1.82) is 0 Å². The van der Waals surface area contributed by atoms with Crippen molar-refractivity contribution in [2.24, 2.45) is 0 Å². The van der Waals surface area contributed by atoms with Crippen LogP contribution in [0.4, 0.5) is 5.69 Å². The summed E-state index contributed by atoms with van der Waals surface area (Å²) < 4.78 is 0. The highest BCUT2D eigenvalue weighted by atomic mass is 35.5. The maximum Gasteiger partial charge on any atom is 0.0452 e. The highest BCUT2D eigenvalue weighted by Gasteiger charge is 1.97. The standard InChI is InChI=1S/C8H11NS.ClH/c1-2-6-4-3-5-7(9)8(6)10;/h3-5,10H,2,9H2,1H3;1H. The van der Waals surface area contributed by atoms with Crippen molar-refractivity contribution in [2.75, 3.05) is 5.73 Å². The summed E-state index contributed by atoms with van der Waals surface area (Å²) in [6.45, 7) is 2.09. The summed E-state index contributed by atoms with van der Waals surface area (Å²) in [7, 11) is 0. The summed E-state index contributed by atoms with van der Waals surface area (Å²) in [6, 6.07) is 5.86. The molecule has 0 amide bonds. The first-order chi connectivity index (χ1) is 4.75. The van der Waals surface area contributed by atoms with Crippen molar-refractivity contribution >= 4 is 30.7 Å².